The van der Waals surface area contributed by atoms with E-state index in [0.717, 1.165) is 10.0 Å². The number of aryl methyl sites for hydroxylation is 1. The van der Waals surface area contributed by atoms with Gasteiger partial charge in [-0.05, 0) is 24.6 Å². The fourth-order valence-electron chi connectivity index (χ4n) is 1.72. The number of hydrogen-bond acceptors (Lipinski definition) is 4. The molecule has 2 rings (SSSR count). The van der Waals surface area contributed by atoms with Crippen molar-refractivity contribution in [3.05, 3.63) is 44.9 Å². The summed E-state index contributed by atoms with van der Waals surface area (Å²) in [6, 6.07) is 7.90. The van der Waals surface area contributed by atoms with Crippen LogP contribution in [0, 0.1) is 6.92 Å². The second kappa shape index (κ2) is 5.71. The maximum atomic E-state index is 12.3. The minimum Gasteiger partial charge on any atom is -0.375 e. The summed E-state index contributed by atoms with van der Waals surface area (Å²) in [7, 11) is 1.78. The maximum absolute atomic E-state index is 12.3. The smallest absolute Gasteiger partial charge is 0.265 e. The van der Waals surface area contributed by atoms with E-state index < -0.39 is 0 Å². The fourth-order valence-corrected chi connectivity index (χ4v) is 2.82. The Morgan fingerprint density at radius 2 is 2.05 bits per heavy atom. The number of carbonyl (C=O) groups is 1. The average Bonchev–Trinajstić information content (AvgIpc) is 2.70. The molecule has 0 unspecified atom stereocenters. The topological polar surface area (TPSA) is 59.2 Å². The standard InChI is InChI=1S/C13H14BrN3OS/c1-8-11(19-13(15)16-8)12(18)17(2)7-9-3-5-10(14)6-4-9/h3-6H,7H2,1-2H3,(H2,15,16). The Morgan fingerprint density at radius 3 is 2.58 bits per heavy atom. The Bertz CT molecular complexity index is 594. The molecule has 100 valence electrons. The van der Waals surface area contributed by atoms with Gasteiger partial charge in [0.2, 0.25) is 0 Å². The van der Waals surface area contributed by atoms with Crippen LogP contribution in [0.15, 0.2) is 28.7 Å². The van der Waals surface area contributed by atoms with Crippen LogP contribution in [-0.2, 0) is 6.54 Å². The highest BCUT2D eigenvalue weighted by molar-refractivity contribution is 9.10. The van der Waals surface area contributed by atoms with Crippen molar-refractivity contribution in [3.63, 3.8) is 0 Å². The van der Waals surface area contributed by atoms with Crippen LogP contribution in [0.4, 0.5) is 5.13 Å². The molecular formula is C13H14BrN3OS. The molecule has 1 heterocycles. The van der Waals surface area contributed by atoms with Crippen LogP contribution in [0.25, 0.3) is 0 Å². The van der Waals surface area contributed by atoms with Crippen molar-refractivity contribution in [2.75, 3.05) is 12.8 Å². The van der Waals surface area contributed by atoms with Crippen LogP contribution < -0.4 is 5.73 Å². The molecule has 19 heavy (non-hydrogen) atoms. The lowest BCUT2D eigenvalue weighted by atomic mass is 10.2. The van der Waals surface area contributed by atoms with Crippen molar-refractivity contribution in [2.45, 2.75) is 13.5 Å². The predicted molar refractivity (Wildman–Crippen MR) is 81.2 cm³/mol. The third kappa shape index (κ3) is 3.33. The summed E-state index contributed by atoms with van der Waals surface area (Å²) in [4.78, 5) is 18.6. The molecule has 6 heteroatoms. The number of nitrogens with zero attached hydrogens (tertiary/aromatic N) is 2. The number of halogens is 1. The molecule has 2 N–H and O–H groups in total. The Morgan fingerprint density at radius 1 is 1.42 bits per heavy atom. The van der Waals surface area contributed by atoms with E-state index in [1.807, 2.05) is 24.3 Å². The summed E-state index contributed by atoms with van der Waals surface area (Å²) >= 11 is 4.62. The van der Waals surface area contributed by atoms with E-state index in [1.165, 1.54) is 11.3 Å². The molecule has 1 aromatic carbocycles. The number of amides is 1. The van der Waals surface area contributed by atoms with Gasteiger partial charge in [0.05, 0.1) is 5.69 Å². The Hall–Kier alpha value is -1.40. The number of benzene rings is 1. The van der Waals surface area contributed by atoms with Crippen LogP contribution >= 0.6 is 27.3 Å². The van der Waals surface area contributed by atoms with Gasteiger partial charge in [0, 0.05) is 18.1 Å². The highest BCUT2D eigenvalue weighted by Crippen LogP contribution is 2.22. The van der Waals surface area contributed by atoms with Crippen LogP contribution in [0.2, 0.25) is 0 Å². The first-order valence-electron chi connectivity index (χ1n) is 5.70. The molecule has 1 aromatic heterocycles. The van der Waals surface area contributed by atoms with Gasteiger partial charge >= 0.3 is 0 Å². The zero-order valence-electron chi connectivity index (χ0n) is 10.7. The second-order valence-electron chi connectivity index (χ2n) is 4.25. The SMILES string of the molecule is Cc1nc(N)sc1C(=O)N(C)Cc1ccc(Br)cc1. The molecule has 0 aliphatic carbocycles. The van der Waals surface area contributed by atoms with E-state index in [0.29, 0.717) is 22.2 Å². The van der Waals surface area contributed by atoms with Gasteiger partial charge in [-0.1, -0.05) is 39.4 Å². The second-order valence-corrected chi connectivity index (χ2v) is 6.20. The van der Waals surface area contributed by atoms with E-state index in [9.17, 15) is 4.79 Å². The Labute approximate surface area is 124 Å². The lowest BCUT2D eigenvalue weighted by molar-refractivity contribution is 0.0789. The third-order valence-electron chi connectivity index (χ3n) is 2.69. The number of carbonyl (C=O) groups excluding carboxylic acids is 1. The molecular weight excluding hydrogens is 326 g/mol. The number of rotatable bonds is 3. The molecule has 0 radical (unpaired) electrons. The number of aromatic nitrogens is 1. The van der Waals surface area contributed by atoms with Crippen LogP contribution in [0.3, 0.4) is 0 Å². The van der Waals surface area contributed by atoms with Crippen molar-refractivity contribution in [2.24, 2.45) is 0 Å². The lowest BCUT2D eigenvalue weighted by Gasteiger charge is -2.16. The fraction of sp³-hybridized carbons (Fsp3) is 0.231. The highest BCUT2D eigenvalue weighted by Gasteiger charge is 2.18. The van der Waals surface area contributed by atoms with E-state index in [2.05, 4.69) is 20.9 Å². The number of nitrogen functional groups attached to an aromatic ring is 1. The molecule has 0 saturated carbocycles. The first kappa shape index (κ1) is 14.0. The third-order valence-corrected chi connectivity index (χ3v) is 4.19. The molecule has 0 bridgehead atoms. The van der Waals surface area contributed by atoms with Crippen LogP contribution in [0.1, 0.15) is 20.9 Å². The maximum Gasteiger partial charge on any atom is 0.265 e. The summed E-state index contributed by atoms with van der Waals surface area (Å²) in [6.45, 7) is 2.36. The first-order valence-corrected chi connectivity index (χ1v) is 7.31. The lowest BCUT2D eigenvalue weighted by Crippen LogP contribution is -2.26. The van der Waals surface area contributed by atoms with E-state index in [4.69, 9.17) is 5.73 Å². The average molecular weight is 340 g/mol. The Kier molecular flexibility index (Phi) is 4.21. The zero-order valence-corrected chi connectivity index (χ0v) is 13.1. The van der Waals surface area contributed by atoms with Gasteiger partial charge in [0.1, 0.15) is 4.88 Å². The molecule has 1 amide bonds. The van der Waals surface area contributed by atoms with Crippen LogP contribution in [0.5, 0.6) is 0 Å². The number of anilines is 1. The molecule has 2 aromatic rings. The Balaban J connectivity index is 2.11. The summed E-state index contributed by atoms with van der Waals surface area (Å²) in [5.74, 6) is -0.0466. The van der Waals surface area contributed by atoms with Gasteiger partial charge in [-0.25, -0.2) is 4.98 Å². The molecule has 4 nitrogen and oxygen atoms in total. The molecule has 0 aliphatic heterocycles. The minimum atomic E-state index is -0.0466. The quantitative estimate of drug-likeness (QED) is 0.934. The van der Waals surface area contributed by atoms with Gasteiger partial charge in [-0.15, -0.1) is 0 Å². The summed E-state index contributed by atoms with van der Waals surface area (Å²) in [6.07, 6.45) is 0. The van der Waals surface area contributed by atoms with Crippen molar-refractivity contribution >= 4 is 38.3 Å². The van der Waals surface area contributed by atoms with Gasteiger partial charge < -0.3 is 10.6 Å². The molecule has 0 saturated heterocycles. The first-order chi connectivity index (χ1) is 8.97. The number of hydrogen-bond donors (Lipinski definition) is 1. The van der Waals surface area contributed by atoms with Crippen molar-refractivity contribution in [3.8, 4) is 0 Å². The molecule has 0 aliphatic rings. The highest BCUT2D eigenvalue weighted by atomic mass is 79.9. The molecule has 0 atom stereocenters. The zero-order chi connectivity index (χ0) is 14.0. The van der Waals surface area contributed by atoms with Gasteiger partial charge in [0.15, 0.2) is 5.13 Å². The van der Waals surface area contributed by atoms with Crippen molar-refractivity contribution < 1.29 is 4.79 Å². The van der Waals surface area contributed by atoms with Crippen molar-refractivity contribution in [1.82, 2.24) is 9.88 Å². The van der Waals surface area contributed by atoms with Gasteiger partial charge in [-0.3, -0.25) is 4.79 Å². The van der Waals surface area contributed by atoms with Gasteiger partial charge in [-0.2, -0.15) is 0 Å². The molecule has 0 fully saturated rings. The van der Waals surface area contributed by atoms with Crippen LogP contribution in [-0.4, -0.2) is 22.8 Å². The number of nitrogens with two attached hydrogens (primary N) is 1. The molecule has 0 spiro atoms. The summed E-state index contributed by atoms with van der Waals surface area (Å²) in [5.41, 5.74) is 7.39. The minimum absolute atomic E-state index is 0.0466. The largest absolute Gasteiger partial charge is 0.375 e. The van der Waals surface area contributed by atoms with Crippen molar-refractivity contribution in [1.29, 1.82) is 0 Å². The normalized spacial score (nSPS) is 10.5. The summed E-state index contributed by atoms with van der Waals surface area (Å²) < 4.78 is 1.02. The van der Waals surface area contributed by atoms with Gasteiger partial charge in [0.25, 0.3) is 5.91 Å². The number of thiazole rings is 1. The van der Waals surface area contributed by atoms with E-state index >= 15 is 0 Å². The van der Waals surface area contributed by atoms with E-state index in [1.54, 1.807) is 18.9 Å². The van der Waals surface area contributed by atoms with E-state index in [-0.39, 0.29) is 5.91 Å². The summed E-state index contributed by atoms with van der Waals surface area (Å²) in [5, 5.41) is 0.429. The predicted octanol–water partition coefficient (Wildman–Crippen LogP) is 3.07. The monoisotopic (exact) mass is 339 g/mol.